The summed E-state index contributed by atoms with van der Waals surface area (Å²) in [6.45, 7) is 12.3. The minimum atomic E-state index is -3.67. The molecule has 0 aromatic heterocycles. The molecule has 0 aliphatic carbocycles. The second-order valence-electron chi connectivity index (χ2n) is 9.57. The first kappa shape index (κ1) is 26.5. The van der Waals surface area contributed by atoms with Gasteiger partial charge in [-0.05, 0) is 43.4 Å². The van der Waals surface area contributed by atoms with Crippen molar-refractivity contribution in [1.82, 2.24) is 14.1 Å². The Morgan fingerprint density at radius 3 is 2.09 bits per heavy atom. The van der Waals surface area contributed by atoms with Gasteiger partial charge in [-0.25, -0.2) is 8.42 Å². The molecule has 0 bridgehead atoms. The van der Waals surface area contributed by atoms with Crippen molar-refractivity contribution in [2.75, 3.05) is 57.3 Å². The number of benzene rings is 1. The summed E-state index contributed by atoms with van der Waals surface area (Å²) >= 11 is 0. The molecular weight excluding hydrogens is 452 g/mol. The molecule has 0 atom stereocenters. The van der Waals surface area contributed by atoms with Crippen LogP contribution in [0.3, 0.4) is 0 Å². The highest BCUT2D eigenvalue weighted by Crippen LogP contribution is 2.30. The average molecular weight is 493 g/mol. The number of rotatable bonds is 9. The maximum atomic E-state index is 13.6. The van der Waals surface area contributed by atoms with Crippen LogP contribution in [0, 0.1) is 5.92 Å². The predicted molar refractivity (Wildman–Crippen MR) is 135 cm³/mol. The Morgan fingerprint density at radius 2 is 1.53 bits per heavy atom. The zero-order valence-electron chi connectivity index (χ0n) is 21.1. The van der Waals surface area contributed by atoms with Crippen LogP contribution in [0.25, 0.3) is 0 Å². The molecule has 2 heterocycles. The van der Waals surface area contributed by atoms with Crippen LogP contribution in [0.5, 0.6) is 0 Å². The van der Waals surface area contributed by atoms with Crippen molar-refractivity contribution in [2.45, 2.75) is 58.3 Å². The SMILES string of the molecule is CCN(CC)S(=O)(=O)c1ccc(N2CCCC2)c(C(=O)N2CCN(C(=O)CCC(C)C)CC2)c1. The van der Waals surface area contributed by atoms with E-state index >= 15 is 0 Å². The average Bonchev–Trinajstić information content (AvgIpc) is 3.37. The zero-order valence-corrected chi connectivity index (χ0v) is 21.9. The molecule has 2 amide bonds. The highest BCUT2D eigenvalue weighted by molar-refractivity contribution is 7.89. The molecule has 0 radical (unpaired) electrons. The summed E-state index contributed by atoms with van der Waals surface area (Å²) in [4.78, 5) is 32.1. The fourth-order valence-electron chi connectivity index (χ4n) is 4.69. The Balaban J connectivity index is 1.82. The molecule has 1 aromatic carbocycles. The van der Waals surface area contributed by atoms with E-state index in [1.54, 1.807) is 23.1 Å². The smallest absolute Gasteiger partial charge is 0.256 e. The summed E-state index contributed by atoms with van der Waals surface area (Å²) in [7, 11) is -3.67. The number of nitrogens with zero attached hydrogens (tertiary/aromatic N) is 4. The van der Waals surface area contributed by atoms with E-state index in [2.05, 4.69) is 18.7 Å². The second kappa shape index (κ2) is 11.5. The van der Waals surface area contributed by atoms with Crippen LogP contribution in [0.2, 0.25) is 0 Å². The van der Waals surface area contributed by atoms with Crippen molar-refractivity contribution in [3.8, 4) is 0 Å². The molecule has 3 rings (SSSR count). The number of sulfonamides is 1. The normalized spacial score (nSPS) is 17.2. The Bertz CT molecular complexity index is 961. The zero-order chi connectivity index (χ0) is 24.9. The summed E-state index contributed by atoms with van der Waals surface area (Å²) in [6.07, 6.45) is 3.52. The first-order valence-electron chi connectivity index (χ1n) is 12.6. The van der Waals surface area contributed by atoms with Crippen molar-refractivity contribution in [3.63, 3.8) is 0 Å². The third-order valence-corrected chi connectivity index (χ3v) is 8.89. The molecule has 9 heteroatoms. The largest absolute Gasteiger partial charge is 0.371 e. The van der Waals surface area contributed by atoms with Gasteiger partial charge in [0.15, 0.2) is 0 Å². The number of hydrogen-bond donors (Lipinski definition) is 0. The highest BCUT2D eigenvalue weighted by atomic mass is 32.2. The van der Waals surface area contributed by atoms with E-state index in [0.717, 1.165) is 38.0 Å². The van der Waals surface area contributed by atoms with Crippen molar-refractivity contribution < 1.29 is 18.0 Å². The lowest BCUT2D eigenvalue weighted by Crippen LogP contribution is -2.50. The van der Waals surface area contributed by atoms with Gasteiger partial charge in [0.25, 0.3) is 5.91 Å². The Labute approximate surface area is 204 Å². The van der Waals surface area contributed by atoms with Gasteiger partial charge in [0.1, 0.15) is 0 Å². The number of hydrogen-bond acceptors (Lipinski definition) is 5. The Morgan fingerprint density at radius 1 is 0.941 bits per heavy atom. The first-order valence-corrected chi connectivity index (χ1v) is 14.1. The molecule has 0 saturated carbocycles. The van der Waals surface area contributed by atoms with E-state index in [9.17, 15) is 18.0 Å². The van der Waals surface area contributed by atoms with Crippen LogP contribution in [0.1, 0.15) is 63.7 Å². The summed E-state index contributed by atoms with van der Waals surface area (Å²) in [5.41, 5.74) is 1.24. The maximum Gasteiger partial charge on any atom is 0.256 e. The van der Waals surface area contributed by atoms with Crippen LogP contribution < -0.4 is 4.90 Å². The standard InChI is InChI=1S/C25H40N4O4S/c1-5-29(6-2)34(32,33)21-10-11-23(26-13-7-8-14-26)22(19-21)25(31)28-17-15-27(16-18-28)24(30)12-9-20(3)4/h10-11,19-20H,5-9,12-18H2,1-4H3. The van der Waals surface area contributed by atoms with Gasteiger partial charge in [-0.1, -0.05) is 27.7 Å². The lowest BCUT2D eigenvalue weighted by atomic mass is 10.1. The highest BCUT2D eigenvalue weighted by Gasteiger charge is 2.30. The van der Waals surface area contributed by atoms with Gasteiger partial charge in [-0.2, -0.15) is 4.31 Å². The Hall–Kier alpha value is -2.13. The number of carbonyl (C=O) groups is 2. The molecular formula is C25H40N4O4S. The summed E-state index contributed by atoms with van der Waals surface area (Å²) in [6, 6.07) is 4.98. The summed E-state index contributed by atoms with van der Waals surface area (Å²) in [5.74, 6) is 0.467. The van der Waals surface area contributed by atoms with Crippen LogP contribution in [0.15, 0.2) is 23.1 Å². The van der Waals surface area contributed by atoms with Gasteiger partial charge in [0.2, 0.25) is 15.9 Å². The summed E-state index contributed by atoms with van der Waals surface area (Å²) in [5, 5.41) is 0. The first-order chi connectivity index (χ1) is 16.2. The topological polar surface area (TPSA) is 81.2 Å². The van der Waals surface area contributed by atoms with Crippen molar-refractivity contribution in [1.29, 1.82) is 0 Å². The van der Waals surface area contributed by atoms with E-state index in [1.807, 2.05) is 18.7 Å². The van der Waals surface area contributed by atoms with E-state index in [-0.39, 0.29) is 16.7 Å². The number of piperazine rings is 1. The van der Waals surface area contributed by atoms with Gasteiger partial charge < -0.3 is 14.7 Å². The fraction of sp³-hybridized carbons (Fsp3) is 0.680. The fourth-order valence-corrected chi connectivity index (χ4v) is 6.18. The number of anilines is 1. The Kier molecular flexibility index (Phi) is 8.98. The molecule has 2 saturated heterocycles. The summed E-state index contributed by atoms with van der Waals surface area (Å²) < 4.78 is 27.7. The molecule has 190 valence electrons. The molecule has 2 fully saturated rings. The van der Waals surface area contributed by atoms with Crippen molar-refractivity contribution >= 4 is 27.5 Å². The number of amides is 2. The van der Waals surface area contributed by atoms with Crippen molar-refractivity contribution in [2.24, 2.45) is 5.92 Å². The van der Waals surface area contributed by atoms with Gasteiger partial charge in [-0.15, -0.1) is 0 Å². The molecule has 0 spiro atoms. The monoisotopic (exact) mass is 492 g/mol. The predicted octanol–water partition coefficient (Wildman–Crippen LogP) is 3.04. The van der Waals surface area contributed by atoms with Gasteiger partial charge in [-0.3, -0.25) is 9.59 Å². The minimum Gasteiger partial charge on any atom is -0.371 e. The lowest BCUT2D eigenvalue weighted by Gasteiger charge is -2.35. The molecule has 1 aromatic rings. The maximum absolute atomic E-state index is 13.6. The quantitative estimate of drug-likeness (QED) is 0.529. The van der Waals surface area contributed by atoms with Crippen molar-refractivity contribution in [3.05, 3.63) is 23.8 Å². The van der Waals surface area contributed by atoms with E-state index in [0.29, 0.717) is 57.2 Å². The van der Waals surface area contributed by atoms with Gasteiger partial charge in [0, 0.05) is 64.5 Å². The molecule has 34 heavy (non-hydrogen) atoms. The molecule has 0 N–H and O–H groups in total. The third-order valence-electron chi connectivity index (χ3n) is 6.84. The molecule has 0 unspecified atom stereocenters. The van der Waals surface area contributed by atoms with Crippen LogP contribution >= 0.6 is 0 Å². The van der Waals surface area contributed by atoms with E-state index < -0.39 is 10.0 Å². The van der Waals surface area contributed by atoms with E-state index in [1.165, 1.54) is 4.31 Å². The van der Waals surface area contributed by atoms with Crippen LogP contribution in [0.4, 0.5) is 5.69 Å². The minimum absolute atomic E-state index is 0.144. The number of carbonyl (C=O) groups excluding carboxylic acids is 2. The second-order valence-corrected chi connectivity index (χ2v) is 11.5. The van der Waals surface area contributed by atoms with Gasteiger partial charge in [0.05, 0.1) is 10.5 Å². The van der Waals surface area contributed by atoms with Crippen LogP contribution in [-0.2, 0) is 14.8 Å². The molecule has 8 nitrogen and oxygen atoms in total. The van der Waals surface area contributed by atoms with E-state index in [4.69, 9.17) is 0 Å². The third kappa shape index (κ3) is 5.92. The molecule has 2 aliphatic rings. The molecule has 2 aliphatic heterocycles. The van der Waals surface area contributed by atoms with Gasteiger partial charge >= 0.3 is 0 Å². The lowest BCUT2D eigenvalue weighted by molar-refractivity contribution is -0.132. The van der Waals surface area contributed by atoms with Crippen LogP contribution in [-0.4, -0.2) is 86.7 Å².